The van der Waals surface area contributed by atoms with Crippen molar-refractivity contribution < 1.29 is 32.2 Å². The number of hydrogen-bond acceptors (Lipinski definition) is 8. The molecule has 11 nitrogen and oxygen atoms in total. The zero-order chi connectivity index (χ0) is 31.6. The van der Waals surface area contributed by atoms with E-state index in [0.717, 1.165) is 44.2 Å². The van der Waals surface area contributed by atoms with E-state index in [0.29, 0.717) is 30.1 Å². The van der Waals surface area contributed by atoms with Crippen molar-refractivity contribution in [2.24, 2.45) is 0 Å². The number of methoxy groups -OCH3 is 2. The van der Waals surface area contributed by atoms with E-state index in [1.807, 2.05) is 0 Å². The van der Waals surface area contributed by atoms with Gasteiger partial charge in [0.25, 0.3) is 11.8 Å². The minimum Gasteiger partial charge on any atom is -0.382 e. The Morgan fingerprint density at radius 2 is 1.95 bits per heavy atom. The molecule has 1 aliphatic rings. The first-order chi connectivity index (χ1) is 21.0. The van der Waals surface area contributed by atoms with Gasteiger partial charge in [-0.3, -0.25) is 14.0 Å². The zero-order valence-corrected chi connectivity index (χ0v) is 24.4. The summed E-state index contributed by atoms with van der Waals surface area (Å²) in [5.41, 5.74) is 7.24. The third-order valence-corrected chi connectivity index (χ3v) is 7.48. The van der Waals surface area contributed by atoms with Gasteiger partial charge in [0.1, 0.15) is 41.1 Å². The topological polar surface area (TPSA) is 137 Å². The number of alkyl halides is 2. The van der Waals surface area contributed by atoms with Gasteiger partial charge in [0.2, 0.25) is 5.91 Å². The molecule has 0 bridgehead atoms. The molecule has 44 heavy (non-hydrogen) atoms. The van der Waals surface area contributed by atoms with Gasteiger partial charge in [-0.1, -0.05) is 0 Å². The average Bonchev–Trinajstić information content (AvgIpc) is 3.40. The lowest BCUT2D eigenvalue weighted by Gasteiger charge is -2.32. The number of carbonyl (C=O) groups excluding carboxylic acids is 2. The van der Waals surface area contributed by atoms with Gasteiger partial charge < -0.3 is 25.4 Å². The molecule has 4 heterocycles. The summed E-state index contributed by atoms with van der Waals surface area (Å²) in [5.74, 6) is -4.37. The van der Waals surface area contributed by atoms with E-state index < -0.39 is 17.6 Å². The fraction of sp³-hybridized carbons (Fsp3) is 0.367. The SMILES string of the molecule is COCC(=O)N1CCCC(c2nc(-c3ccc(C(=O)Nc4cc(C(C)(F)F)ccn4)cc3F)c3c(N)ncc(COC)n23)C1. The number of hydrogen-bond donors (Lipinski definition) is 2. The Bertz CT molecular complexity index is 1710. The highest BCUT2D eigenvalue weighted by Crippen LogP contribution is 2.36. The molecule has 232 valence electrons. The number of benzene rings is 1. The van der Waals surface area contributed by atoms with Gasteiger partial charge in [-0.15, -0.1) is 0 Å². The van der Waals surface area contributed by atoms with Crippen LogP contribution in [0.15, 0.2) is 42.7 Å². The molecule has 4 aromatic rings. The number of nitrogens with one attached hydrogen (secondary N) is 1. The summed E-state index contributed by atoms with van der Waals surface area (Å²) in [6.07, 6.45) is 4.18. The Balaban J connectivity index is 1.52. The monoisotopic (exact) mass is 611 g/mol. The highest BCUT2D eigenvalue weighted by Gasteiger charge is 2.31. The number of nitrogens with zero attached hydrogens (tertiary/aromatic N) is 5. The largest absolute Gasteiger partial charge is 0.382 e. The lowest BCUT2D eigenvalue weighted by atomic mass is 9.97. The van der Waals surface area contributed by atoms with Crippen LogP contribution in [0.5, 0.6) is 0 Å². The molecule has 1 saturated heterocycles. The predicted octanol–water partition coefficient (Wildman–Crippen LogP) is 4.38. The molecule has 5 rings (SSSR count). The number of pyridine rings is 1. The maximum atomic E-state index is 15.8. The molecule has 1 aromatic carbocycles. The molecule has 0 aliphatic carbocycles. The van der Waals surface area contributed by atoms with Gasteiger partial charge in [0.15, 0.2) is 0 Å². The maximum absolute atomic E-state index is 15.8. The second-order valence-electron chi connectivity index (χ2n) is 10.6. The molecular weight excluding hydrogens is 579 g/mol. The first kappa shape index (κ1) is 30.9. The van der Waals surface area contributed by atoms with Crippen molar-refractivity contribution in [1.29, 1.82) is 0 Å². The molecule has 3 aromatic heterocycles. The van der Waals surface area contributed by atoms with E-state index in [4.69, 9.17) is 20.2 Å². The van der Waals surface area contributed by atoms with Gasteiger partial charge in [-0.25, -0.2) is 28.1 Å². The quantitative estimate of drug-likeness (QED) is 0.285. The Morgan fingerprint density at radius 3 is 2.66 bits per heavy atom. The lowest BCUT2D eigenvalue weighted by Crippen LogP contribution is -2.41. The number of imidazole rings is 1. The highest BCUT2D eigenvalue weighted by atomic mass is 19.3. The van der Waals surface area contributed by atoms with Crippen LogP contribution in [0.3, 0.4) is 0 Å². The maximum Gasteiger partial charge on any atom is 0.270 e. The Hall–Kier alpha value is -4.56. The Kier molecular flexibility index (Phi) is 8.83. The first-order valence-electron chi connectivity index (χ1n) is 13.9. The molecule has 0 saturated carbocycles. The molecule has 0 spiro atoms. The summed E-state index contributed by atoms with van der Waals surface area (Å²) in [6, 6.07) is 6.03. The average molecular weight is 612 g/mol. The second kappa shape index (κ2) is 12.6. The van der Waals surface area contributed by atoms with Crippen LogP contribution >= 0.6 is 0 Å². The number of fused-ring (bicyclic) bond motifs is 1. The minimum atomic E-state index is -3.13. The number of rotatable bonds is 9. The van der Waals surface area contributed by atoms with Gasteiger partial charge in [0, 0.05) is 63.0 Å². The summed E-state index contributed by atoms with van der Waals surface area (Å²) in [4.78, 5) is 40.3. The van der Waals surface area contributed by atoms with Crippen molar-refractivity contribution in [1.82, 2.24) is 24.3 Å². The van der Waals surface area contributed by atoms with E-state index in [-0.39, 0.29) is 59.1 Å². The summed E-state index contributed by atoms with van der Waals surface area (Å²) < 4.78 is 55.4. The van der Waals surface area contributed by atoms with Crippen LogP contribution in [0.2, 0.25) is 0 Å². The van der Waals surface area contributed by atoms with Crippen molar-refractivity contribution in [2.45, 2.75) is 38.2 Å². The Labute approximate surface area is 251 Å². The van der Waals surface area contributed by atoms with Crippen molar-refractivity contribution in [3.05, 3.63) is 71.2 Å². The van der Waals surface area contributed by atoms with Gasteiger partial charge >= 0.3 is 0 Å². The number of amides is 2. The van der Waals surface area contributed by atoms with E-state index in [1.165, 1.54) is 26.4 Å². The van der Waals surface area contributed by atoms with E-state index in [2.05, 4.69) is 15.3 Å². The van der Waals surface area contributed by atoms with E-state index in [1.54, 1.807) is 15.5 Å². The highest BCUT2D eigenvalue weighted by molar-refractivity contribution is 6.04. The van der Waals surface area contributed by atoms with Crippen LogP contribution < -0.4 is 11.1 Å². The number of nitrogens with two attached hydrogens (primary N) is 1. The lowest BCUT2D eigenvalue weighted by molar-refractivity contribution is -0.136. The third-order valence-electron chi connectivity index (χ3n) is 7.48. The van der Waals surface area contributed by atoms with Crippen LogP contribution in [-0.2, 0) is 26.8 Å². The van der Waals surface area contributed by atoms with Gasteiger partial charge in [-0.05, 0) is 43.2 Å². The minimum absolute atomic E-state index is 0.0379. The van der Waals surface area contributed by atoms with Gasteiger partial charge in [0.05, 0.1) is 18.5 Å². The van der Waals surface area contributed by atoms with Crippen LogP contribution in [0.1, 0.15) is 53.1 Å². The number of anilines is 2. The van der Waals surface area contributed by atoms with Crippen LogP contribution in [0, 0.1) is 5.82 Å². The number of aromatic nitrogens is 4. The zero-order valence-electron chi connectivity index (χ0n) is 24.4. The smallest absolute Gasteiger partial charge is 0.270 e. The molecule has 1 fully saturated rings. The molecule has 1 unspecified atom stereocenters. The van der Waals surface area contributed by atoms with Crippen molar-refractivity contribution in [3.63, 3.8) is 0 Å². The number of halogens is 3. The van der Waals surface area contributed by atoms with E-state index in [9.17, 15) is 18.4 Å². The second-order valence-corrected chi connectivity index (χ2v) is 10.6. The number of nitrogen functional groups attached to an aromatic ring is 1. The molecule has 1 atom stereocenters. The molecule has 1 aliphatic heterocycles. The Morgan fingerprint density at radius 1 is 1.16 bits per heavy atom. The van der Waals surface area contributed by atoms with Crippen molar-refractivity contribution in [2.75, 3.05) is 45.0 Å². The number of carbonyl (C=O) groups is 2. The standard InChI is InChI=1S/C30H32F3N7O4/c1-30(32,33)19-8-9-35-23(12-19)37-29(42)17-6-7-21(22(31)11-17)25-26-27(34)36-13-20(15-43-2)40(26)28(38-25)18-5-4-10-39(14-18)24(41)16-44-3/h6-9,11-13,18H,4-5,10,14-16H2,1-3H3,(H2,34,36)(H,35,37,42). The molecule has 14 heteroatoms. The van der Waals surface area contributed by atoms with Crippen molar-refractivity contribution >= 4 is 29.0 Å². The summed E-state index contributed by atoms with van der Waals surface area (Å²) >= 11 is 0. The summed E-state index contributed by atoms with van der Waals surface area (Å²) in [5, 5.41) is 2.43. The predicted molar refractivity (Wildman–Crippen MR) is 156 cm³/mol. The molecule has 2 amide bonds. The third kappa shape index (κ3) is 6.21. The molecule has 0 radical (unpaired) electrons. The normalized spacial score (nSPS) is 15.5. The van der Waals surface area contributed by atoms with Crippen LogP contribution in [0.25, 0.3) is 16.8 Å². The fourth-order valence-electron chi connectivity index (χ4n) is 5.38. The van der Waals surface area contributed by atoms with Crippen LogP contribution in [-0.4, -0.2) is 70.0 Å². The summed E-state index contributed by atoms with van der Waals surface area (Å²) in [7, 11) is 3.00. The number of ether oxygens (including phenoxy) is 2. The molecular formula is C30H32F3N7O4. The van der Waals surface area contributed by atoms with Crippen molar-refractivity contribution in [3.8, 4) is 11.3 Å². The van der Waals surface area contributed by atoms with Crippen LogP contribution in [0.4, 0.5) is 24.8 Å². The fourth-order valence-corrected chi connectivity index (χ4v) is 5.38. The van der Waals surface area contributed by atoms with E-state index >= 15 is 4.39 Å². The summed E-state index contributed by atoms with van der Waals surface area (Å²) in [6.45, 7) is 1.84. The molecule has 3 N–H and O–H groups in total. The first-order valence-corrected chi connectivity index (χ1v) is 13.9. The number of likely N-dealkylation sites (tertiary alicyclic amines) is 1. The van der Waals surface area contributed by atoms with Gasteiger partial charge in [-0.2, -0.15) is 0 Å². The number of piperidine rings is 1.